The van der Waals surface area contributed by atoms with Crippen LogP contribution in [-0.2, 0) is 16.0 Å². The number of likely N-dealkylation sites (tertiary alicyclic amines) is 1. The smallest absolute Gasteiger partial charge is 0.303 e. The Kier molecular flexibility index (Phi) is 7.75. The first-order valence-corrected chi connectivity index (χ1v) is 9.27. The average Bonchev–Trinajstić information content (AvgIpc) is 2.66. The van der Waals surface area contributed by atoms with Crippen LogP contribution in [0.5, 0.6) is 11.5 Å². The molecular weight excluding hydrogens is 334 g/mol. The maximum atomic E-state index is 12.6. The fourth-order valence-electron chi connectivity index (χ4n) is 3.55. The van der Waals surface area contributed by atoms with Gasteiger partial charge in [-0.05, 0) is 50.2 Å². The predicted molar refractivity (Wildman–Crippen MR) is 98.7 cm³/mol. The highest BCUT2D eigenvalue weighted by molar-refractivity contribution is 5.76. The summed E-state index contributed by atoms with van der Waals surface area (Å²) in [7, 11) is 3.25. The van der Waals surface area contributed by atoms with Gasteiger partial charge in [-0.3, -0.25) is 9.59 Å². The molecule has 6 nitrogen and oxygen atoms in total. The zero-order valence-corrected chi connectivity index (χ0v) is 15.7. The first-order chi connectivity index (χ1) is 12.5. The predicted octanol–water partition coefficient (Wildman–Crippen LogP) is 3.27. The Hall–Kier alpha value is -2.24. The van der Waals surface area contributed by atoms with Gasteiger partial charge in [0.25, 0.3) is 0 Å². The van der Waals surface area contributed by atoms with Crippen molar-refractivity contribution >= 4 is 11.9 Å². The van der Waals surface area contributed by atoms with Crippen molar-refractivity contribution in [2.75, 3.05) is 20.8 Å². The average molecular weight is 363 g/mol. The minimum atomic E-state index is -0.797. The summed E-state index contributed by atoms with van der Waals surface area (Å²) in [6, 6.07) is 5.79. The van der Waals surface area contributed by atoms with E-state index in [4.69, 9.17) is 14.6 Å². The van der Waals surface area contributed by atoms with Crippen LogP contribution in [0.3, 0.4) is 0 Å². The number of aryl methyl sites for hydroxylation is 1. The summed E-state index contributed by atoms with van der Waals surface area (Å²) < 4.78 is 10.6. The van der Waals surface area contributed by atoms with Gasteiger partial charge < -0.3 is 19.5 Å². The molecular formula is C20H29NO5. The zero-order chi connectivity index (χ0) is 18.9. The van der Waals surface area contributed by atoms with Gasteiger partial charge in [-0.25, -0.2) is 0 Å². The van der Waals surface area contributed by atoms with Crippen molar-refractivity contribution in [3.8, 4) is 11.5 Å². The van der Waals surface area contributed by atoms with Gasteiger partial charge in [0.1, 0.15) is 11.5 Å². The second-order valence-corrected chi connectivity index (χ2v) is 6.70. The summed E-state index contributed by atoms with van der Waals surface area (Å²) in [5.41, 5.74) is 1.06. The van der Waals surface area contributed by atoms with Gasteiger partial charge in [0.2, 0.25) is 5.91 Å². The summed E-state index contributed by atoms with van der Waals surface area (Å²) in [6.45, 7) is 0.745. The summed E-state index contributed by atoms with van der Waals surface area (Å²) in [5, 5.41) is 8.90. The number of aliphatic carboxylic acids is 1. The number of hydrogen-bond donors (Lipinski definition) is 1. The third-order valence-corrected chi connectivity index (χ3v) is 4.97. The topological polar surface area (TPSA) is 76.1 Å². The van der Waals surface area contributed by atoms with E-state index in [1.165, 1.54) is 0 Å². The van der Waals surface area contributed by atoms with Crippen molar-refractivity contribution < 1.29 is 24.2 Å². The molecule has 0 saturated carbocycles. The number of ether oxygens (including phenoxy) is 2. The number of carboxylic acids is 1. The van der Waals surface area contributed by atoms with Crippen molar-refractivity contribution in [2.24, 2.45) is 0 Å². The van der Waals surface area contributed by atoms with Crippen LogP contribution in [0.2, 0.25) is 0 Å². The van der Waals surface area contributed by atoms with E-state index in [0.29, 0.717) is 12.8 Å². The van der Waals surface area contributed by atoms with E-state index in [2.05, 4.69) is 0 Å². The Morgan fingerprint density at radius 1 is 1.19 bits per heavy atom. The van der Waals surface area contributed by atoms with E-state index >= 15 is 0 Å². The van der Waals surface area contributed by atoms with E-state index in [1.54, 1.807) is 14.2 Å². The van der Waals surface area contributed by atoms with Crippen LogP contribution < -0.4 is 9.47 Å². The van der Waals surface area contributed by atoms with E-state index < -0.39 is 5.97 Å². The van der Waals surface area contributed by atoms with Crippen molar-refractivity contribution in [1.29, 1.82) is 0 Å². The highest BCUT2D eigenvalue weighted by atomic mass is 16.5. The van der Waals surface area contributed by atoms with Crippen LogP contribution >= 0.6 is 0 Å². The molecule has 1 aliphatic heterocycles. The van der Waals surface area contributed by atoms with Gasteiger partial charge in [-0.15, -0.1) is 0 Å². The molecule has 26 heavy (non-hydrogen) atoms. The normalized spacial score (nSPS) is 17.0. The Labute approximate surface area is 155 Å². The van der Waals surface area contributed by atoms with Crippen LogP contribution in [0.25, 0.3) is 0 Å². The summed E-state index contributed by atoms with van der Waals surface area (Å²) >= 11 is 0. The second-order valence-electron chi connectivity index (χ2n) is 6.70. The van der Waals surface area contributed by atoms with Crippen LogP contribution in [-0.4, -0.2) is 48.7 Å². The third-order valence-electron chi connectivity index (χ3n) is 4.97. The van der Waals surface area contributed by atoms with Crippen molar-refractivity contribution in [3.05, 3.63) is 23.8 Å². The molecule has 1 saturated heterocycles. The van der Waals surface area contributed by atoms with Crippen molar-refractivity contribution in [2.45, 2.75) is 57.4 Å². The van der Waals surface area contributed by atoms with Crippen LogP contribution in [0.4, 0.5) is 0 Å². The number of hydrogen-bond acceptors (Lipinski definition) is 4. The highest BCUT2D eigenvalue weighted by Crippen LogP contribution is 2.27. The number of carbonyl (C=O) groups excluding carboxylic acids is 1. The van der Waals surface area contributed by atoms with Gasteiger partial charge >= 0.3 is 5.97 Å². The first kappa shape index (κ1) is 20.1. The lowest BCUT2D eigenvalue weighted by Gasteiger charge is -2.35. The number of methoxy groups -OCH3 is 2. The molecule has 0 aromatic heterocycles. The molecule has 1 aromatic rings. The number of amides is 1. The molecule has 0 spiro atoms. The molecule has 1 heterocycles. The molecule has 1 amide bonds. The molecule has 2 rings (SSSR count). The van der Waals surface area contributed by atoms with E-state index in [0.717, 1.165) is 55.7 Å². The van der Waals surface area contributed by atoms with Gasteiger partial charge in [0.15, 0.2) is 0 Å². The number of rotatable bonds is 9. The van der Waals surface area contributed by atoms with Crippen molar-refractivity contribution in [1.82, 2.24) is 4.90 Å². The quantitative estimate of drug-likeness (QED) is 0.729. The van der Waals surface area contributed by atoms with E-state index in [9.17, 15) is 9.59 Å². The van der Waals surface area contributed by atoms with Gasteiger partial charge in [0.05, 0.1) is 14.2 Å². The molecule has 0 radical (unpaired) electrons. The third kappa shape index (κ3) is 5.64. The largest absolute Gasteiger partial charge is 0.497 e. The maximum absolute atomic E-state index is 12.6. The molecule has 1 atom stereocenters. The highest BCUT2D eigenvalue weighted by Gasteiger charge is 2.26. The zero-order valence-electron chi connectivity index (χ0n) is 15.7. The first-order valence-electron chi connectivity index (χ1n) is 9.27. The summed E-state index contributed by atoms with van der Waals surface area (Å²) in [6.07, 6.45) is 5.61. The summed E-state index contributed by atoms with van der Waals surface area (Å²) in [5.74, 6) is 0.854. The molecule has 1 aromatic carbocycles. The fraction of sp³-hybridized carbons (Fsp3) is 0.600. The lowest BCUT2D eigenvalue weighted by molar-refractivity contribution is -0.140. The number of benzene rings is 1. The Balaban J connectivity index is 1.88. The van der Waals surface area contributed by atoms with Gasteiger partial charge in [0, 0.05) is 31.5 Å². The number of carboxylic acid groups (broad SMARTS) is 1. The molecule has 144 valence electrons. The lowest BCUT2D eigenvalue weighted by Crippen LogP contribution is -2.43. The Morgan fingerprint density at radius 3 is 2.69 bits per heavy atom. The van der Waals surface area contributed by atoms with Crippen LogP contribution in [0, 0.1) is 0 Å². The van der Waals surface area contributed by atoms with E-state index in [1.807, 2.05) is 23.1 Å². The number of nitrogens with zero attached hydrogens (tertiary/aromatic N) is 1. The fourth-order valence-corrected chi connectivity index (χ4v) is 3.55. The van der Waals surface area contributed by atoms with Crippen LogP contribution in [0.15, 0.2) is 18.2 Å². The molecule has 1 unspecified atom stereocenters. The monoisotopic (exact) mass is 363 g/mol. The van der Waals surface area contributed by atoms with Crippen LogP contribution in [0.1, 0.15) is 50.5 Å². The molecule has 1 fully saturated rings. The molecule has 0 bridgehead atoms. The minimum Gasteiger partial charge on any atom is -0.497 e. The maximum Gasteiger partial charge on any atom is 0.303 e. The molecule has 1 aliphatic rings. The standard InChI is InChI=1S/C20H29NO5/c1-25-17-11-9-15(18(14-17)26-2)6-5-8-19(22)21-13-4-3-7-16(21)10-12-20(23)24/h9,11,14,16H,3-8,10,12-13H2,1-2H3,(H,23,24). The van der Waals surface area contributed by atoms with Crippen molar-refractivity contribution in [3.63, 3.8) is 0 Å². The molecule has 0 aliphatic carbocycles. The molecule has 1 N–H and O–H groups in total. The van der Waals surface area contributed by atoms with Gasteiger partial charge in [-0.2, -0.15) is 0 Å². The second kappa shape index (κ2) is 10.0. The Bertz CT molecular complexity index is 616. The summed E-state index contributed by atoms with van der Waals surface area (Å²) in [4.78, 5) is 25.4. The van der Waals surface area contributed by atoms with E-state index in [-0.39, 0.29) is 18.4 Å². The number of carbonyl (C=O) groups is 2. The Morgan fingerprint density at radius 2 is 2.00 bits per heavy atom. The SMILES string of the molecule is COc1ccc(CCCC(=O)N2CCCCC2CCC(=O)O)c(OC)c1. The minimum absolute atomic E-state index is 0.0721. The lowest BCUT2D eigenvalue weighted by atomic mass is 9.97. The van der Waals surface area contributed by atoms with Gasteiger partial charge in [-0.1, -0.05) is 6.07 Å². The molecule has 6 heteroatoms. The number of piperidine rings is 1.